The summed E-state index contributed by atoms with van der Waals surface area (Å²) in [5.74, 6) is 6.62. The van der Waals surface area contributed by atoms with E-state index in [-0.39, 0.29) is 0 Å². The third kappa shape index (κ3) is 1.87. The summed E-state index contributed by atoms with van der Waals surface area (Å²) in [6.07, 6.45) is 4.28. The highest BCUT2D eigenvalue weighted by Gasteiger charge is 2.08. The van der Waals surface area contributed by atoms with Crippen molar-refractivity contribution in [1.82, 2.24) is 19.5 Å². The fourth-order valence-corrected chi connectivity index (χ4v) is 1.44. The fourth-order valence-electron chi connectivity index (χ4n) is 1.44. The number of aromatic nitrogens is 4. The molecule has 0 aromatic carbocycles. The molecule has 84 valence electrons. The summed E-state index contributed by atoms with van der Waals surface area (Å²) >= 11 is 0. The topological polar surface area (TPSA) is 81.6 Å². The first-order valence-electron chi connectivity index (χ1n) is 5.06. The van der Waals surface area contributed by atoms with Crippen molar-refractivity contribution in [1.29, 1.82) is 0 Å². The summed E-state index contributed by atoms with van der Waals surface area (Å²) in [6, 6.07) is 1.83. The van der Waals surface area contributed by atoms with Crippen LogP contribution in [0.25, 0.3) is 11.5 Å². The van der Waals surface area contributed by atoms with Gasteiger partial charge in [-0.1, -0.05) is 6.92 Å². The van der Waals surface area contributed by atoms with Crippen LogP contribution in [0.5, 0.6) is 0 Å². The second-order valence-corrected chi connectivity index (χ2v) is 3.46. The Morgan fingerprint density at radius 1 is 1.44 bits per heavy atom. The molecule has 0 saturated heterocycles. The van der Waals surface area contributed by atoms with Crippen molar-refractivity contribution >= 4 is 5.82 Å². The summed E-state index contributed by atoms with van der Waals surface area (Å²) in [6.45, 7) is 2.04. The van der Waals surface area contributed by atoms with Crippen molar-refractivity contribution in [2.24, 2.45) is 12.9 Å². The Balaban J connectivity index is 2.52. The van der Waals surface area contributed by atoms with Gasteiger partial charge in [-0.3, -0.25) is 0 Å². The summed E-state index contributed by atoms with van der Waals surface area (Å²) < 4.78 is 1.87. The highest BCUT2D eigenvalue weighted by molar-refractivity contribution is 5.52. The maximum Gasteiger partial charge on any atom is 0.180 e. The van der Waals surface area contributed by atoms with Crippen LogP contribution in [-0.2, 0) is 13.5 Å². The molecule has 0 amide bonds. The molecule has 0 radical (unpaired) electrons. The number of hydrogen-bond donors (Lipinski definition) is 2. The molecule has 0 saturated carbocycles. The minimum Gasteiger partial charge on any atom is -0.331 e. The lowest BCUT2D eigenvalue weighted by atomic mass is 10.3. The number of nitrogens with one attached hydrogen (secondary N) is 1. The SMILES string of the molecule is CCc1cc(NN)nc(-c2cncn2C)n1. The summed E-state index contributed by atoms with van der Waals surface area (Å²) in [7, 11) is 1.90. The molecule has 2 rings (SSSR count). The van der Waals surface area contributed by atoms with Crippen molar-refractivity contribution in [3.63, 3.8) is 0 Å². The molecule has 0 atom stereocenters. The monoisotopic (exact) mass is 218 g/mol. The predicted octanol–water partition coefficient (Wildman–Crippen LogP) is 0.725. The van der Waals surface area contributed by atoms with Gasteiger partial charge in [0.05, 0.1) is 12.5 Å². The van der Waals surface area contributed by atoms with Crippen LogP contribution in [0.2, 0.25) is 0 Å². The van der Waals surface area contributed by atoms with Gasteiger partial charge in [-0.15, -0.1) is 0 Å². The van der Waals surface area contributed by atoms with Crippen LogP contribution >= 0.6 is 0 Å². The molecule has 2 aromatic heterocycles. The number of nitrogens with two attached hydrogens (primary N) is 1. The lowest BCUT2D eigenvalue weighted by Gasteiger charge is -2.06. The van der Waals surface area contributed by atoms with E-state index in [0.29, 0.717) is 11.6 Å². The number of nitrogens with zero attached hydrogens (tertiary/aromatic N) is 4. The first kappa shape index (κ1) is 10.6. The first-order chi connectivity index (χ1) is 7.74. The van der Waals surface area contributed by atoms with Crippen molar-refractivity contribution in [3.8, 4) is 11.5 Å². The van der Waals surface area contributed by atoms with Crippen LogP contribution in [0, 0.1) is 0 Å². The first-order valence-corrected chi connectivity index (χ1v) is 5.06. The number of aryl methyl sites for hydroxylation is 2. The average molecular weight is 218 g/mol. The maximum absolute atomic E-state index is 5.37. The predicted molar refractivity (Wildman–Crippen MR) is 61.4 cm³/mol. The van der Waals surface area contributed by atoms with E-state index < -0.39 is 0 Å². The summed E-state index contributed by atoms with van der Waals surface area (Å²) in [5, 5.41) is 0. The number of anilines is 1. The molecule has 0 spiro atoms. The van der Waals surface area contributed by atoms with E-state index >= 15 is 0 Å². The Morgan fingerprint density at radius 3 is 2.81 bits per heavy atom. The molecule has 0 fully saturated rings. The number of nitrogen functional groups attached to an aromatic ring is 1. The third-order valence-electron chi connectivity index (χ3n) is 2.34. The van der Waals surface area contributed by atoms with Gasteiger partial charge >= 0.3 is 0 Å². The smallest absolute Gasteiger partial charge is 0.180 e. The van der Waals surface area contributed by atoms with Gasteiger partial charge in [0, 0.05) is 18.8 Å². The van der Waals surface area contributed by atoms with E-state index in [9.17, 15) is 0 Å². The van der Waals surface area contributed by atoms with Crippen LogP contribution in [0.4, 0.5) is 5.82 Å². The molecular weight excluding hydrogens is 204 g/mol. The number of rotatable bonds is 3. The molecule has 0 aliphatic heterocycles. The van der Waals surface area contributed by atoms with Crippen molar-refractivity contribution in [3.05, 3.63) is 24.3 Å². The Morgan fingerprint density at radius 2 is 2.25 bits per heavy atom. The Kier molecular flexibility index (Phi) is 2.82. The van der Waals surface area contributed by atoms with Gasteiger partial charge in [0.1, 0.15) is 11.5 Å². The van der Waals surface area contributed by atoms with Gasteiger partial charge in [0.25, 0.3) is 0 Å². The van der Waals surface area contributed by atoms with Gasteiger partial charge in [0.15, 0.2) is 5.82 Å². The second-order valence-electron chi connectivity index (χ2n) is 3.46. The van der Waals surface area contributed by atoms with Gasteiger partial charge in [-0.25, -0.2) is 20.8 Å². The highest BCUT2D eigenvalue weighted by Crippen LogP contribution is 2.16. The Labute approximate surface area is 93.5 Å². The third-order valence-corrected chi connectivity index (χ3v) is 2.34. The van der Waals surface area contributed by atoms with E-state index in [4.69, 9.17) is 5.84 Å². The van der Waals surface area contributed by atoms with Crippen molar-refractivity contribution in [2.75, 3.05) is 5.43 Å². The van der Waals surface area contributed by atoms with Crippen LogP contribution < -0.4 is 11.3 Å². The summed E-state index contributed by atoms with van der Waals surface area (Å²) in [4.78, 5) is 12.8. The van der Waals surface area contributed by atoms with Crippen molar-refractivity contribution in [2.45, 2.75) is 13.3 Å². The quantitative estimate of drug-likeness (QED) is 0.586. The van der Waals surface area contributed by atoms with E-state index in [2.05, 4.69) is 20.4 Å². The lowest BCUT2D eigenvalue weighted by Crippen LogP contribution is -2.11. The molecule has 0 unspecified atom stereocenters. The van der Waals surface area contributed by atoms with Crippen LogP contribution in [0.15, 0.2) is 18.6 Å². The minimum absolute atomic E-state index is 0.614. The molecule has 0 aliphatic rings. The molecule has 0 bridgehead atoms. The number of imidazole rings is 1. The highest BCUT2D eigenvalue weighted by atomic mass is 15.3. The largest absolute Gasteiger partial charge is 0.331 e. The van der Waals surface area contributed by atoms with Gasteiger partial charge in [-0.2, -0.15) is 0 Å². The van der Waals surface area contributed by atoms with Gasteiger partial charge < -0.3 is 9.99 Å². The zero-order valence-corrected chi connectivity index (χ0v) is 9.31. The Bertz CT molecular complexity index is 468. The summed E-state index contributed by atoms with van der Waals surface area (Å²) in [5.41, 5.74) is 4.35. The zero-order valence-electron chi connectivity index (χ0n) is 9.31. The number of hydrazine groups is 1. The minimum atomic E-state index is 0.614. The van der Waals surface area contributed by atoms with Crippen LogP contribution in [0.1, 0.15) is 12.6 Å². The maximum atomic E-state index is 5.37. The standard InChI is InChI=1S/C10H14N6/c1-3-7-4-9(15-11)14-10(13-7)8-5-12-6-16(8)2/h4-6H,3,11H2,1-2H3,(H,13,14,15). The van der Waals surface area contributed by atoms with Crippen molar-refractivity contribution < 1.29 is 0 Å². The van der Waals surface area contributed by atoms with E-state index in [1.54, 1.807) is 12.5 Å². The lowest BCUT2D eigenvalue weighted by molar-refractivity contribution is 0.900. The molecule has 6 heteroatoms. The molecule has 6 nitrogen and oxygen atoms in total. The Hall–Kier alpha value is -1.95. The van der Waals surface area contributed by atoms with E-state index in [0.717, 1.165) is 17.8 Å². The fraction of sp³-hybridized carbons (Fsp3) is 0.300. The molecule has 0 aliphatic carbocycles. The molecule has 16 heavy (non-hydrogen) atoms. The second kappa shape index (κ2) is 4.28. The van der Waals surface area contributed by atoms with Gasteiger partial charge in [0.2, 0.25) is 0 Å². The van der Waals surface area contributed by atoms with E-state index in [1.807, 2.05) is 24.6 Å². The average Bonchev–Trinajstić information content (AvgIpc) is 2.74. The van der Waals surface area contributed by atoms with Crippen LogP contribution in [-0.4, -0.2) is 19.5 Å². The molecule has 2 aromatic rings. The molecular formula is C10H14N6. The normalized spacial score (nSPS) is 10.4. The molecule has 3 N–H and O–H groups in total. The number of hydrogen-bond acceptors (Lipinski definition) is 5. The zero-order chi connectivity index (χ0) is 11.5. The molecule has 2 heterocycles. The van der Waals surface area contributed by atoms with Gasteiger partial charge in [-0.05, 0) is 6.42 Å². The van der Waals surface area contributed by atoms with E-state index in [1.165, 1.54) is 0 Å². The van der Waals surface area contributed by atoms with Crippen LogP contribution in [0.3, 0.4) is 0 Å².